The van der Waals surface area contributed by atoms with Crippen molar-refractivity contribution >= 4 is 6.47 Å². The van der Waals surface area contributed by atoms with Gasteiger partial charge in [0, 0.05) is 6.42 Å². The summed E-state index contributed by atoms with van der Waals surface area (Å²) in [5.74, 6) is 0.562. The summed E-state index contributed by atoms with van der Waals surface area (Å²) in [5, 5.41) is 0. The molecule has 0 aliphatic rings. The predicted molar refractivity (Wildman–Crippen MR) is 35.8 cm³/mol. The Bertz CT molecular complexity index is 97.1. The summed E-state index contributed by atoms with van der Waals surface area (Å²) in [6, 6.07) is 0. The van der Waals surface area contributed by atoms with Crippen molar-refractivity contribution in [3.63, 3.8) is 0 Å². The number of rotatable bonds is 5. The third kappa shape index (κ3) is 5.07. The van der Waals surface area contributed by atoms with Crippen molar-refractivity contribution in [2.24, 2.45) is 0 Å². The maximum atomic E-state index is 9.70. The maximum absolute atomic E-state index is 9.70. The molecule has 0 atom stereocenters. The lowest BCUT2D eigenvalue weighted by molar-refractivity contribution is -0.125. The van der Waals surface area contributed by atoms with Crippen molar-refractivity contribution in [3.05, 3.63) is 12.3 Å². The standard InChI is InChI=1S/C7H12O2/c1-3-4-5-7(2)9-6-8/h6H,2-5H2,1H3. The molecule has 2 heteroatoms. The molecule has 0 radical (unpaired) electrons. The van der Waals surface area contributed by atoms with Gasteiger partial charge in [0.25, 0.3) is 6.47 Å². The quantitative estimate of drug-likeness (QED) is 0.417. The lowest BCUT2D eigenvalue weighted by atomic mass is 10.2. The molecule has 0 saturated heterocycles. The number of carbonyl (C=O) groups is 1. The summed E-state index contributed by atoms with van der Waals surface area (Å²) >= 11 is 0. The third-order valence-corrected chi connectivity index (χ3v) is 1.02. The summed E-state index contributed by atoms with van der Waals surface area (Å²) in [4.78, 5) is 9.70. The van der Waals surface area contributed by atoms with E-state index in [-0.39, 0.29) is 0 Å². The Morgan fingerprint density at radius 1 is 1.78 bits per heavy atom. The van der Waals surface area contributed by atoms with Gasteiger partial charge in [-0.05, 0) is 6.42 Å². The lowest BCUT2D eigenvalue weighted by Crippen LogP contribution is -1.86. The Morgan fingerprint density at radius 2 is 2.44 bits per heavy atom. The summed E-state index contributed by atoms with van der Waals surface area (Å²) in [7, 11) is 0. The van der Waals surface area contributed by atoms with Crippen molar-refractivity contribution in [3.8, 4) is 0 Å². The van der Waals surface area contributed by atoms with Gasteiger partial charge in [0.2, 0.25) is 0 Å². The van der Waals surface area contributed by atoms with Crippen LogP contribution in [0.5, 0.6) is 0 Å². The molecule has 0 amide bonds. The lowest BCUT2D eigenvalue weighted by Gasteiger charge is -1.98. The second kappa shape index (κ2) is 5.35. The van der Waals surface area contributed by atoms with Gasteiger partial charge >= 0.3 is 0 Å². The fourth-order valence-corrected chi connectivity index (χ4v) is 0.501. The van der Waals surface area contributed by atoms with Crippen molar-refractivity contribution in [1.82, 2.24) is 0 Å². The Balaban J connectivity index is 3.16. The van der Waals surface area contributed by atoms with Crippen molar-refractivity contribution < 1.29 is 9.53 Å². The highest BCUT2D eigenvalue weighted by atomic mass is 16.5. The van der Waals surface area contributed by atoms with E-state index in [1.165, 1.54) is 0 Å². The van der Waals surface area contributed by atoms with E-state index in [4.69, 9.17) is 0 Å². The number of ether oxygens (including phenoxy) is 1. The second-order valence-electron chi connectivity index (χ2n) is 1.86. The van der Waals surface area contributed by atoms with E-state index in [2.05, 4.69) is 18.2 Å². The van der Waals surface area contributed by atoms with E-state index in [9.17, 15) is 4.79 Å². The third-order valence-electron chi connectivity index (χ3n) is 1.02. The first-order chi connectivity index (χ1) is 4.31. The summed E-state index contributed by atoms with van der Waals surface area (Å²) in [6.45, 7) is 6.02. The Morgan fingerprint density at radius 3 is 2.89 bits per heavy atom. The van der Waals surface area contributed by atoms with Crippen LogP contribution in [0.25, 0.3) is 0 Å². The van der Waals surface area contributed by atoms with E-state index in [1.54, 1.807) is 0 Å². The molecule has 0 aromatic heterocycles. The zero-order valence-electron chi connectivity index (χ0n) is 5.72. The Hall–Kier alpha value is -0.790. The SMILES string of the molecule is C=C(CCCC)OC=O. The summed E-state index contributed by atoms with van der Waals surface area (Å²) in [5.41, 5.74) is 0. The molecule has 0 aromatic rings. The summed E-state index contributed by atoms with van der Waals surface area (Å²) < 4.78 is 4.47. The molecule has 0 unspecified atom stereocenters. The molecule has 52 valence electrons. The van der Waals surface area contributed by atoms with E-state index >= 15 is 0 Å². The maximum Gasteiger partial charge on any atom is 0.298 e. The van der Waals surface area contributed by atoms with Crippen LogP contribution in [0.2, 0.25) is 0 Å². The molecule has 2 nitrogen and oxygen atoms in total. The van der Waals surface area contributed by atoms with E-state index in [0.29, 0.717) is 12.2 Å². The van der Waals surface area contributed by atoms with Crippen LogP contribution >= 0.6 is 0 Å². The number of hydrogen-bond acceptors (Lipinski definition) is 2. The van der Waals surface area contributed by atoms with Crippen LogP contribution in [0, 0.1) is 0 Å². The molecule has 0 spiro atoms. The van der Waals surface area contributed by atoms with Gasteiger partial charge in [-0.1, -0.05) is 19.9 Å². The largest absolute Gasteiger partial charge is 0.434 e. The van der Waals surface area contributed by atoms with E-state index < -0.39 is 0 Å². The van der Waals surface area contributed by atoms with E-state index in [0.717, 1.165) is 19.3 Å². The minimum Gasteiger partial charge on any atom is -0.434 e. The Kier molecular flexibility index (Phi) is 4.88. The number of carbonyl (C=O) groups excluding carboxylic acids is 1. The van der Waals surface area contributed by atoms with Crippen LogP contribution in [0.15, 0.2) is 12.3 Å². The molecule has 0 N–H and O–H groups in total. The molecule has 0 fully saturated rings. The van der Waals surface area contributed by atoms with Gasteiger partial charge in [0.1, 0.15) is 5.76 Å². The fraction of sp³-hybridized carbons (Fsp3) is 0.571. The molecular weight excluding hydrogens is 116 g/mol. The number of hydrogen-bond donors (Lipinski definition) is 0. The van der Waals surface area contributed by atoms with Gasteiger partial charge in [-0.2, -0.15) is 0 Å². The minimum atomic E-state index is 0.415. The van der Waals surface area contributed by atoms with Gasteiger partial charge in [0.05, 0.1) is 0 Å². The normalized spacial score (nSPS) is 8.56. The molecule has 0 saturated carbocycles. The molecule has 0 heterocycles. The monoisotopic (exact) mass is 128 g/mol. The first-order valence-electron chi connectivity index (χ1n) is 3.09. The zero-order valence-corrected chi connectivity index (χ0v) is 5.72. The first-order valence-corrected chi connectivity index (χ1v) is 3.09. The van der Waals surface area contributed by atoms with Crippen LogP contribution in [0.4, 0.5) is 0 Å². The molecule has 0 aromatic carbocycles. The Labute approximate surface area is 55.5 Å². The summed E-state index contributed by atoms with van der Waals surface area (Å²) in [6.07, 6.45) is 2.92. The zero-order chi connectivity index (χ0) is 7.11. The van der Waals surface area contributed by atoms with E-state index in [1.807, 2.05) is 0 Å². The first kappa shape index (κ1) is 8.21. The van der Waals surface area contributed by atoms with Crippen molar-refractivity contribution in [1.29, 1.82) is 0 Å². The topological polar surface area (TPSA) is 26.3 Å². The van der Waals surface area contributed by atoms with Crippen LogP contribution in [-0.4, -0.2) is 6.47 Å². The van der Waals surface area contributed by atoms with Gasteiger partial charge in [-0.3, -0.25) is 4.79 Å². The molecule has 0 rings (SSSR count). The van der Waals surface area contributed by atoms with Gasteiger partial charge in [0.15, 0.2) is 0 Å². The van der Waals surface area contributed by atoms with Gasteiger partial charge < -0.3 is 4.74 Å². The second-order valence-corrected chi connectivity index (χ2v) is 1.86. The molecule has 0 bridgehead atoms. The van der Waals surface area contributed by atoms with Crippen LogP contribution in [-0.2, 0) is 9.53 Å². The van der Waals surface area contributed by atoms with Crippen molar-refractivity contribution in [2.75, 3.05) is 0 Å². The average Bonchev–Trinajstić information content (AvgIpc) is 1.85. The molecule has 9 heavy (non-hydrogen) atoms. The molecular formula is C7H12O2. The highest BCUT2D eigenvalue weighted by Gasteiger charge is 1.90. The average molecular weight is 128 g/mol. The smallest absolute Gasteiger partial charge is 0.298 e. The fourth-order valence-electron chi connectivity index (χ4n) is 0.501. The van der Waals surface area contributed by atoms with Gasteiger partial charge in [-0.25, -0.2) is 0 Å². The predicted octanol–water partition coefficient (Wildman–Crippen LogP) is 1.86. The molecule has 0 aliphatic carbocycles. The number of unbranched alkanes of at least 4 members (excludes halogenated alkanes) is 1. The highest BCUT2D eigenvalue weighted by Crippen LogP contribution is 2.03. The van der Waals surface area contributed by atoms with Crippen LogP contribution in [0.1, 0.15) is 26.2 Å². The number of allylic oxidation sites excluding steroid dienone is 1. The van der Waals surface area contributed by atoms with Crippen LogP contribution in [0.3, 0.4) is 0 Å². The highest BCUT2D eigenvalue weighted by molar-refractivity contribution is 5.39. The van der Waals surface area contributed by atoms with Crippen molar-refractivity contribution in [2.45, 2.75) is 26.2 Å². The minimum absolute atomic E-state index is 0.415. The van der Waals surface area contributed by atoms with Crippen LogP contribution < -0.4 is 0 Å². The molecule has 0 aliphatic heterocycles. The van der Waals surface area contributed by atoms with Gasteiger partial charge in [-0.15, -0.1) is 0 Å².